The first-order chi connectivity index (χ1) is 12.1. The maximum absolute atomic E-state index is 12.8. The number of amides is 1. The molecule has 0 bridgehead atoms. The lowest BCUT2D eigenvalue weighted by atomic mass is 9.89. The topological polar surface area (TPSA) is 89.9 Å². The van der Waals surface area contributed by atoms with Crippen molar-refractivity contribution in [2.45, 2.75) is 18.8 Å². The van der Waals surface area contributed by atoms with E-state index in [1.165, 1.54) is 4.68 Å². The first-order valence-electron chi connectivity index (χ1n) is 8.12. The van der Waals surface area contributed by atoms with Crippen LogP contribution < -0.4 is 0 Å². The lowest BCUT2D eigenvalue weighted by Crippen LogP contribution is -2.29. The highest BCUT2D eigenvalue weighted by Gasteiger charge is 2.40. The fourth-order valence-electron chi connectivity index (χ4n) is 3.33. The van der Waals surface area contributed by atoms with Crippen LogP contribution in [0.3, 0.4) is 0 Å². The average molecular weight is 338 g/mol. The first kappa shape index (κ1) is 15.5. The van der Waals surface area contributed by atoms with Gasteiger partial charge in [0.15, 0.2) is 11.5 Å². The molecule has 2 unspecified atom stereocenters. The van der Waals surface area contributed by atoms with E-state index in [1.54, 1.807) is 25.1 Å². The summed E-state index contributed by atoms with van der Waals surface area (Å²) in [5, 5.41) is 11.7. The molecule has 3 aromatic rings. The fraction of sp³-hybridized carbons (Fsp3) is 0.353. The molecule has 2 aromatic heterocycles. The number of hydrogen-bond acceptors (Lipinski definition) is 6. The van der Waals surface area contributed by atoms with Gasteiger partial charge in [-0.15, -0.1) is 5.10 Å². The normalized spacial score (nSPS) is 20.2. The lowest BCUT2D eigenvalue weighted by Gasteiger charge is -2.15. The van der Waals surface area contributed by atoms with Gasteiger partial charge in [-0.3, -0.25) is 9.48 Å². The summed E-state index contributed by atoms with van der Waals surface area (Å²) in [5.74, 6) is 1.10. The van der Waals surface area contributed by atoms with Crippen molar-refractivity contribution in [1.82, 2.24) is 30.0 Å². The quantitative estimate of drug-likeness (QED) is 0.719. The smallest absolute Gasteiger partial charge is 0.276 e. The lowest BCUT2D eigenvalue weighted by molar-refractivity contribution is 0.0782. The molecule has 1 aliphatic rings. The van der Waals surface area contributed by atoms with Gasteiger partial charge in [-0.2, -0.15) is 4.98 Å². The SMILES string of the molecule is Cc1noc(C2CN(C(=O)c3cn(C)nn3)CC2c2ccccc2)n1. The summed E-state index contributed by atoms with van der Waals surface area (Å²) in [6.07, 6.45) is 1.63. The van der Waals surface area contributed by atoms with Gasteiger partial charge in [0.25, 0.3) is 5.91 Å². The summed E-state index contributed by atoms with van der Waals surface area (Å²) in [7, 11) is 1.74. The van der Waals surface area contributed by atoms with Gasteiger partial charge in [0.1, 0.15) is 0 Å². The van der Waals surface area contributed by atoms with Crippen LogP contribution >= 0.6 is 0 Å². The van der Waals surface area contributed by atoms with Crippen LogP contribution in [0.4, 0.5) is 0 Å². The summed E-state index contributed by atoms with van der Waals surface area (Å²) in [5.41, 5.74) is 1.49. The summed E-state index contributed by atoms with van der Waals surface area (Å²) >= 11 is 0. The molecule has 0 saturated carbocycles. The van der Waals surface area contributed by atoms with E-state index >= 15 is 0 Å². The number of likely N-dealkylation sites (tertiary alicyclic amines) is 1. The number of aryl methyl sites for hydroxylation is 2. The third kappa shape index (κ3) is 2.90. The predicted octanol–water partition coefficient (Wildman–Crippen LogP) is 1.53. The van der Waals surface area contributed by atoms with E-state index in [4.69, 9.17) is 4.52 Å². The molecule has 1 fully saturated rings. The van der Waals surface area contributed by atoms with Crippen LogP contribution in [-0.4, -0.2) is 49.0 Å². The van der Waals surface area contributed by atoms with Crippen molar-refractivity contribution in [1.29, 1.82) is 0 Å². The molecule has 8 nitrogen and oxygen atoms in total. The minimum atomic E-state index is -0.132. The van der Waals surface area contributed by atoms with Crippen molar-refractivity contribution in [3.05, 3.63) is 59.5 Å². The van der Waals surface area contributed by atoms with E-state index in [0.29, 0.717) is 30.5 Å². The molecule has 4 rings (SSSR count). The largest absolute Gasteiger partial charge is 0.339 e. The van der Waals surface area contributed by atoms with Crippen LogP contribution in [0.1, 0.15) is 39.6 Å². The van der Waals surface area contributed by atoms with E-state index in [2.05, 4.69) is 32.6 Å². The number of rotatable bonds is 3. The molecule has 0 radical (unpaired) electrons. The molecular weight excluding hydrogens is 320 g/mol. The number of carbonyl (C=O) groups is 1. The second-order valence-corrected chi connectivity index (χ2v) is 6.29. The van der Waals surface area contributed by atoms with Gasteiger partial charge < -0.3 is 9.42 Å². The highest BCUT2D eigenvalue weighted by atomic mass is 16.5. The third-order valence-corrected chi connectivity index (χ3v) is 4.52. The molecule has 8 heteroatoms. The Kier molecular flexibility index (Phi) is 3.79. The van der Waals surface area contributed by atoms with E-state index < -0.39 is 0 Å². The van der Waals surface area contributed by atoms with Gasteiger partial charge >= 0.3 is 0 Å². The standard InChI is InChI=1S/C17H18N6O2/c1-11-18-16(25-20-11)14-9-23(17(24)15-10-22(2)21-19-15)8-13(14)12-6-4-3-5-7-12/h3-7,10,13-14H,8-9H2,1-2H3. The van der Waals surface area contributed by atoms with Crippen molar-refractivity contribution in [3.8, 4) is 0 Å². The molecule has 2 atom stereocenters. The summed E-state index contributed by atoms with van der Waals surface area (Å²) < 4.78 is 6.93. The summed E-state index contributed by atoms with van der Waals surface area (Å²) in [6, 6.07) is 10.1. The molecule has 0 N–H and O–H groups in total. The molecular formula is C17H18N6O2. The second kappa shape index (κ2) is 6.12. The van der Waals surface area contributed by atoms with Gasteiger partial charge in [-0.05, 0) is 12.5 Å². The Morgan fingerprint density at radius 1 is 1.20 bits per heavy atom. The second-order valence-electron chi connectivity index (χ2n) is 6.29. The zero-order chi connectivity index (χ0) is 17.4. The number of hydrogen-bond donors (Lipinski definition) is 0. The first-order valence-corrected chi connectivity index (χ1v) is 8.12. The van der Waals surface area contributed by atoms with Crippen LogP contribution in [0, 0.1) is 6.92 Å². The van der Waals surface area contributed by atoms with Gasteiger partial charge in [0.05, 0.1) is 12.1 Å². The molecule has 1 aliphatic heterocycles. The number of carbonyl (C=O) groups excluding carboxylic acids is 1. The van der Waals surface area contributed by atoms with E-state index in [1.807, 2.05) is 18.2 Å². The minimum Gasteiger partial charge on any atom is -0.339 e. The van der Waals surface area contributed by atoms with Crippen LogP contribution in [0.15, 0.2) is 41.1 Å². The Morgan fingerprint density at radius 2 is 1.96 bits per heavy atom. The molecule has 1 saturated heterocycles. The van der Waals surface area contributed by atoms with Gasteiger partial charge in [0, 0.05) is 26.1 Å². The van der Waals surface area contributed by atoms with Crippen molar-refractivity contribution in [2.24, 2.45) is 7.05 Å². The number of aromatic nitrogens is 5. The zero-order valence-corrected chi connectivity index (χ0v) is 14.0. The fourth-order valence-corrected chi connectivity index (χ4v) is 3.33. The van der Waals surface area contributed by atoms with Crippen molar-refractivity contribution in [3.63, 3.8) is 0 Å². The molecule has 3 heterocycles. The van der Waals surface area contributed by atoms with Crippen molar-refractivity contribution < 1.29 is 9.32 Å². The Bertz CT molecular complexity index is 887. The highest BCUT2D eigenvalue weighted by Crippen LogP contribution is 2.39. The number of benzene rings is 1. The summed E-state index contributed by atoms with van der Waals surface area (Å²) in [4.78, 5) is 18.9. The molecule has 25 heavy (non-hydrogen) atoms. The number of nitrogens with zero attached hydrogens (tertiary/aromatic N) is 6. The van der Waals surface area contributed by atoms with Crippen LogP contribution in [0.2, 0.25) is 0 Å². The van der Waals surface area contributed by atoms with Crippen LogP contribution in [-0.2, 0) is 7.05 Å². The van der Waals surface area contributed by atoms with Crippen molar-refractivity contribution in [2.75, 3.05) is 13.1 Å². The molecule has 128 valence electrons. The van der Waals surface area contributed by atoms with Crippen LogP contribution in [0.5, 0.6) is 0 Å². The predicted molar refractivity (Wildman–Crippen MR) is 87.9 cm³/mol. The molecule has 0 spiro atoms. The Hall–Kier alpha value is -3.03. The minimum absolute atomic E-state index is 0.0378. The Labute approximate surface area is 144 Å². The van der Waals surface area contributed by atoms with Crippen LogP contribution in [0.25, 0.3) is 0 Å². The maximum atomic E-state index is 12.8. The third-order valence-electron chi connectivity index (χ3n) is 4.52. The molecule has 1 amide bonds. The van der Waals surface area contributed by atoms with Crippen molar-refractivity contribution >= 4 is 5.91 Å². The Morgan fingerprint density at radius 3 is 2.60 bits per heavy atom. The van der Waals surface area contributed by atoms with Gasteiger partial charge in [0.2, 0.25) is 5.89 Å². The monoisotopic (exact) mass is 338 g/mol. The highest BCUT2D eigenvalue weighted by molar-refractivity contribution is 5.92. The zero-order valence-electron chi connectivity index (χ0n) is 14.0. The van der Waals surface area contributed by atoms with Gasteiger partial charge in [-0.25, -0.2) is 0 Å². The molecule has 1 aromatic carbocycles. The maximum Gasteiger partial charge on any atom is 0.276 e. The molecule has 0 aliphatic carbocycles. The summed E-state index contributed by atoms with van der Waals surface area (Å²) in [6.45, 7) is 2.88. The van der Waals surface area contributed by atoms with E-state index in [0.717, 1.165) is 5.56 Å². The van der Waals surface area contributed by atoms with E-state index in [-0.39, 0.29) is 17.7 Å². The van der Waals surface area contributed by atoms with E-state index in [9.17, 15) is 4.79 Å². The Balaban J connectivity index is 1.65. The van der Waals surface area contributed by atoms with Gasteiger partial charge in [-0.1, -0.05) is 40.7 Å². The average Bonchev–Trinajstić information content (AvgIpc) is 3.34.